The molecule has 1 amide bonds. The van der Waals surface area contributed by atoms with E-state index in [1.54, 1.807) is 6.20 Å². The number of pyridine rings is 1. The maximum Gasteiger partial charge on any atom is 0.319 e. The second-order valence-corrected chi connectivity index (χ2v) is 5.27. The molecule has 3 rings (SSSR count). The van der Waals surface area contributed by atoms with E-state index in [0.29, 0.717) is 5.56 Å². The van der Waals surface area contributed by atoms with Gasteiger partial charge in [0.2, 0.25) is 0 Å². The highest BCUT2D eigenvalue weighted by atomic mass is 27.1. The Morgan fingerprint density at radius 3 is 2.83 bits per heavy atom. The van der Waals surface area contributed by atoms with Gasteiger partial charge in [-0.15, -0.1) is 0 Å². The molecule has 0 aliphatic carbocycles. The topological polar surface area (TPSA) is 38.1 Å². The van der Waals surface area contributed by atoms with Crippen molar-refractivity contribution in [1.29, 1.82) is 0 Å². The van der Waals surface area contributed by atoms with Gasteiger partial charge in [-0.25, -0.2) is 4.98 Å². The van der Waals surface area contributed by atoms with Crippen molar-refractivity contribution >= 4 is 33.5 Å². The molecule has 0 bridgehead atoms. The van der Waals surface area contributed by atoms with Crippen LogP contribution in [0.3, 0.4) is 0 Å². The molecule has 0 unspecified atom stereocenters. The third kappa shape index (κ3) is 2.05. The molecule has 18 heavy (non-hydrogen) atoms. The molecule has 0 spiro atoms. The van der Waals surface area contributed by atoms with Crippen LogP contribution >= 0.6 is 0 Å². The number of rotatable bonds is 1. The van der Waals surface area contributed by atoms with E-state index in [-0.39, 0.29) is 5.91 Å². The van der Waals surface area contributed by atoms with Gasteiger partial charge in [0.1, 0.15) is 5.65 Å². The quantitative estimate of drug-likeness (QED) is 0.726. The van der Waals surface area contributed by atoms with Crippen LogP contribution in [-0.2, 0) is 0 Å². The minimum atomic E-state index is 0.112. The molecule has 4 nitrogen and oxygen atoms in total. The number of hydrogen-bond acceptors (Lipinski definition) is 2. The monoisotopic (exact) mass is 255 g/mol. The van der Waals surface area contributed by atoms with Crippen LogP contribution in [0.2, 0.25) is 0 Å². The lowest BCUT2D eigenvalue weighted by atomic mass is 10.1. The highest BCUT2D eigenvalue weighted by Gasteiger charge is 2.18. The fourth-order valence-corrected chi connectivity index (χ4v) is 2.74. The molecule has 2 aromatic rings. The van der Waals surface area contributed by atoms with Crippen LogP contribution in [0.4, 0.5) is 0 Å². The summed E-state index contributed by atoms with van der Waals surface area (Å²) in [7, 11) is 0. The first-order valence-corrected chi connectivity index (χ1v) is 6.79. The predicted molar refractivity (Wildman–Crippen MR) is 70.6 cm³/mol. The van der Waals surface area contributed by atoms with Crippen molar-refractivity contribution in [1.82, 2.24) is 13.4 Å². The van der Waals surface area contributed by atoms with Crippen molar-refractivity contribution in [3.05, 3.63) is 30.1 Å². The number of fused-ring (bicyclic) bond motifs is 1. The molecule has 2 radical (unpaired) electrons. The predicted octanol–water partition coefficient (Wildman–Crippen LogP) is 1.59. The Hall–Kier alpha value is -1.31. The first-order chi connectivity index (χ1) is 8.75. The van der Waals surface area contributed by atoms with E-state index in [1.807, 2.05) is 26.8 Å². The first kappa shape index (κ1) is 11.8. The van der Waals surface area contributed by atoms with Gasteiger partial charge in [-0.2, -0.15) is 0 Å². The number of likely N-dealkylation sites (tertiary alicyclic amines) is 1. The summed E-state index contributed by atoms with van der Waals surface area (Å²) < 4.78 is 1.88. The fourth-order valence-electron chi connectivity index (χ4n) is 2.44. The van der Waals surface area contributed by atoms with E-state index in [4.69, 9.17) is 0 Å². The largest absolute Gasteiger partial charge is 0.443 e. The van der Waals surface area contributed by atoms with Gasteiger partial charge in [0.15, 0.2) is 0 Å². The normalized spacial score (nSPS) is 16.1. The molecule has 1 fully saturated rings. The molecular formula is C13H14AlN3O. The summed E-state index contributed by atoms with van der Waals surface area (Å²) in [5.41, 5.74) is 1.58. The number of piperidine rings is 1. The van der Waals surface area contributed by atoms with E-state index in [9.17, 15) is 4.79 Å². The van der Waals surface area contributed by atoms with Gasteiger partial charge < -0.3 is 8.45 Å². The maximum absolute atomic E-state index is 12.3. The molecule has 90 valence electrons. The molecule has 3 heterocycles. The molecule has 0 saturated carbocycles. The number of amides is 1. The average Bonchev–Trinajstić information content (AvgIpc) is 2.80. The standard InChI is InChI=1S/C13H15N3O.Al/c17-13(16-6-2-1-3-7-16)11-8-10-4-5-14-12(10)15-9-11;/h4-5,8-9H,1-3,6-7H2,(H,14,15,17);/q;+1/p-1. The van der Waals surface area contributed by atoms with Crippen LogP contribution in [0.5, 0.6) is 0 Å². The molecule has 0 atom stereocenters. The zero-order valence-corrected chi connectivity index (χ0v) is 11.3. The lowest BCUT2D eigenvalue weighted by Crippen LogP contribution is -2.35. The highest BCUT2D eigenvalue weighted by Crippen LogP contribution is 2.17. The summed E-state index contributed by atoms with van der Waals surface area (Å²) in [5, 5.41) is 1.01. The van der Waals surface area contributed by atoms with Crippen LogP contribution in [-0.4, -0.2) is 48.9 Å². The van der Waals surface area contributed by atoms with Gasteiger partial charge >= 0.3 is 16.5 Å². The van der Waals surface area contributed by atoms with Crippen LogP contribution in [0.25, 0.3) is 11.0 Å². The van der Waals surface area contributed by atoms with Crippen molar-refractivity contribution in [2.45, 2.75) is 19.3 Å². The summed E-state index contributed by atoms with van der Waals surface area (Å²) >= 11 is 2.58. The zero-order valence-electron chi connectivity index (χ0n) is 10.2. The Morgan fingerprint density at radius 1 is 1.28 bits per heavy atom. The summed E-state index contributed by atoms with van der Waals surface area (Å²) in [4.78, 5) is 18.6. The zero-order chi connectivity index (χ0) is 12.5. The second-order valence-electron chi connectivity index (χ2n) is 4.71. The number of aromatic nitrogens is 2. The lowest BCUT2D eigenvalue weighted by Gasteiger charge is -2.26. The number of carbonyl (C=O) groups is 1. The van der Waals surface area contributed by atoms with E-state index in [2.05, 4.69) is 21.5 Å². The van der Waals surface area contributed by atoms with Crippen LogP contribution < -0.4 is 0 Å². The van der Waals surface area contributed by atoms with E-state index in [1.165, 1.54) is 6.42 Å². The van der Waals surface area contributed by atoms with Gasteiger partial charge in [0.25, 0.3) is 5.91 Å². The summed E-state index contributed by atoms with van der Waals surface area (Å²) in [6.07, 6.45) is 7.07. The second kappa shape index (κ2) is 4.75. The summed E-state index contributed by atoms with van der Waals surface area (Å²) in [6, 6.07) is 3.90. The molecule has 1 aliphatic heterocycles. The number of carbonyl (C=O) groups excluding carboxylic acids is 1. The highest BCUT2D eigenvalue weighted by molar-refractivity contribution is 6.11. The lowest BCUT2D eigenvalue weighted by molar-refractivity contribution is 0.0724. The van der Waals surface area contributed by atoms with Crippen molar-refractivity contribution in [3.8, 4) is 0 Å². The number of hydrogen-bond donors (Lipinski definition) is 0. The molecule has 0 N–H and O–H groups in total. The van der Waals surface area contributed by atoms with Gasteiger partial charge in [0, 0.05) is 24.7 Å². The molecule has 0 aromatic carbocycles. The smallest absolute Gasteiger partial charge is 0.319 e. The van der Waals surface area contributed by atoms with E-state index >= 15 is 0 Å². The van der Waals surface area contributed by atoms with Crippen molar-refractivity contribution in [2.75, 3.05) is 13.1 Å². The molecule has 5 heteroatoms. The van der Waals surface area contributed by atoms with Crippen LogP contribution in [0.1, 0.15) is 29.6 Å². The summed E-state index contributed by atoms with van der Waals surface area (Å²) in [5.74, 6) is 0.112. The third-order valence-electron chi connectivity index (χ3n) is 3.44. The Bertz CT molecular complexity index is 587. The van der Waals surface area contributed by atoms with Crippen LogP contribution in [0, 0.1) is 0 Å². The van der Waals surface area contributed by atoms with Crippen molar-refractivity contribution < 1.29 is 4.79 Å². The Morgan fingerprint density at radius 2 is 2.06 bits per heavy atom. The molecule has 1 saturated heterocycles. The minimum Gasteiger partial charge on any atom is -0.443 e. The Balaban J connectivity index is 1.91. The SMILES string of the molecule is O=C(c1cnc2c(cc[n]2[Al])c1)N1CCCCC1. The average molecular weight is 255 g/mol. The maximum atomic E-state index is 12.3. The van der Waals surface area contributed by atoms with Crippen LogP contribution in [0.15, 0.2) is 24.5 Å². The Labute approximate surface area is 114 Å². The van der Waals surface area contributed by atoms with Gasteiger partial charge in [-0.1, -0.05) is 0 Å². The van der Waals surface area contributed by atoms with Crippen molar-refractivity contribution in [3.63, 3.8) is 0 Å². The number of nitrogens with zero attached hydrogens (tertiary/aromatic N) is 3. The van der Waals surface area contributed by atoms with Gasteiger partial charge in [0.05, 0.1) is 5.56 Å². The molecule has 2 aromatic heterocycles. The third-order valence-corrected chi connectivity index (χ3v) is 3.86. The minimum absolute atomic E-state index is 0.112. The Kier molecular flexibility index (Phi) is 3.11. The fraction of sp³-hybridized carbons (Fsp3) is 0.385. The molecular weight excluding hydrogens is 241 g/mol. The van der Waals surface area contributed by atoms with Gasteiger partial charge in [-0.3, -0.25) is 4.79 Å². The van der Waals surface area contributed by atoms with E-state index in [0.717, 1.165) is 37.0 Å². The van der Waals surface area contributed by atoms with Crippen molar-refractivity contribution in [2.24, 2.45) is 0 Å². The summed E-state index contributed by atoms with van der Waals surface area (Å²) in [6.45, 7) is 1.75. The molecule has 1 aliphatic rings. The van der Waals surface area contributed by atoms with E-state index < -0.39 is 0 Å². The first-order valence-electron chi connectivity index (χ1n) is 6.27. The van der Waals surface area contributed by atoms with Gasteiger partial charge in [-0.05, 0) is 37.6 Å².